The molecule has 3 rings (SSSR count). The maximum atomic E-state index is 4.58. The van der Waals surface area contributed by atoms with Crippen LogP contribution in [0.25, 0.3) is 0 Å². The Hall–Kier alpha value is -0.680. The predicted octanol–water partition coefficient (Wildman–Crippen LogP) is 1.43. The van der Waals surface area contributed by atoms with E-state index in [4.69, 9.17) is 0 Å². The second kappa shape index (κ2) is 4.30. The molecule has 88 valence electrons. The summed E-state index contributed by atoms with van der Waals surface area (Å²) in [6.45, 7) is 4.35. The number of anilines is 1. The van der Waals surface area contributed by atoms with Gasteiger partial charge in [0.15, 0.2) is 0 Å². The molecule has 3 heterocycles. The third-order valence-electron chi connectivity index (χ3n) is 3.57. The molecular formula is C11H18N4S. The van der Waals surface area contributed by atoms with E-state index in [1.807, 2.05) is 0 Å². The second-order valence-electron chi connectivity index (χ2n) is 4.72. The van der Waals surface area contributed by atoms with Crippen molar-refractivity contribution in [3.63, 3.8) is 0 Å². The molecule has 5 heteroatoms. The molecule has 0 radical (unpaired) electrons. The first-order valence-corrected chi connectivity index (χ1v) is 6.96. The molecule has 0 amide bonds. The maximum Gasteiger partial charge on any atom is 0.205 e. The SMILES string of the molecule is CCc1nsc(N2CCC3CCC(C2)N3)n1. The van der Waals surface area contributed by atoms with Gasteiger partial charge in [0, 0.05) is 43.1 Å². The topological polar surface area (TPSA) is 41.1 Å². The van der Waals surface area contributed by atoms with Crippen molar-refractivity contribution in [2.45, 2.75) is 44.7 Å². The molecule has 16 heavy (non-hydrogen) atoms. The Kier molecular flexibility index (Phi) is 2.81. The summed E-state index contributed by atoms with van der Waals surface area (Å²) in [5.41, 5.74) is 0. The number of rotatable bonds is 2. The van der Waals surface area contributed by atoms with Crippen molar-refractivity contribution in [2.75, 3.05) is 18.0 Å². The van der Waals surface area contributed by atoms with Gasteiger partial charge in [-0.1, -0.05) is 6.92 Å². The Balaban J connectivity index is 1.74. The molecule has 2 saturated heterocycles. The van der Waals surface area contributed by atoms with Crippen molar-refractivity contribution in [3.05, 3.63) is 5.82 Å². The lowest BCUT2D eigenvalue weighted by Crippen LogP contribution is -2.35. The predicted molar refractivity (Wildman–Crippen MR) is 66.1 cm³/mol. The summed E-state index contributed by atoms with van der Waals surface area (Å²) in [6.07, 6.45) is 4.86. The van der Waals surface area contributed by atoms with E-state index in [-0.39, 0.29) is 0 Å². The van der Waals surface area contributed by atoms with Crippen LogP contribution >= 0.6 is 11.5 Å². The van der Waals surface area contributed by atoms with Crippen LogP contribution in [0.2, 0.25) is 0 Å². The smallest absolute Gasteiger partial charge is 0.205 e. The number of aryl methyl sites for hydroxylation is 1. The summed E-state index contributed by atoms with van der Waals surface area (Å²) in [5, 5.41) is 4.80. The van der Waals surface area contributed by atoms with Crippen LogP contribution in [-0.2, 0) is 6.42 Å². The summed E-state index contributed by atoms with van der Waals surface area (Å²) < 4.78 is 4.37. The average Bonchev–Trinajstić information content (AvgIpc) is 2.85. The van der Waals surface area contributed by atoms with Crippen LogP contribution in [0.4, 0.5) is 5.13 Å². The number of hydrogen-bond acceptors (Lipinski definition) is 5. The highest BCUT2D eigenvalue weighted by molar-refractivity contribution is 7.09. The normalized spacial score (nSPS) is 29.4. The molecular weight excluding hydrogens is 220 g/mol. The molecule has 2 aliphatic heterocycles. The minimum Gasteiger partial charge on any atom is -0.345 e. The van der Waals surface area contributed by atoms with Crippen molar-refractivity contribution in [1.82, 2.24) is 14.7 Å². The Morgan fingerprint density at radius 1 is 1.38 bits per heavy atom. The zero-order valence-corrected chi connectivity index (χ0v) is 10.5. The highest BCUT2D eigenvalue weighted by Gasteiger charge is 2.30. The monoisotopic (exact) mass is 238 g/mol. The van der Waals surface area contributed by atoms with E-state index in [2.05, 4.69) is 26.5 Å². The van der Waals surface area contributed by atoms with E-state index >= 15 is 0 Å². The van der Waals surface area contributed by atoms with Gasteiger partial charge in [0.1, 0.15) is 5.82 Å². The standard InChI is InChI=1S/C11H18N4S/c1-2-10-13-11(16-14-10)15-6-5-8-3-4-9(7-15)12-8/h8-9,12H,2-7H2,1H3. The summed E-state index contributed by atoms with van der Waals surface area (Å²) in [7, 11) is 0. The fourth-order valence-electron chi connectivity index (χ4n) is 2.63. The zero-order valence-electron chi connectivity index (χ0n) is 9.65. The number of nitrogens with one attached hydrogen (secondary N) is 1. The maximum absolute atomic E-state index is 4.58. The minimum atomic E-state index is 0.668. The molecule has 2 bridgehead atoms. The van der Waals surface area contributed by atoms with E-state index in [0.29, 0.717) is 6.04 Å². The summed E-state index contributed by atoms with van der Waals surface area (Å²) >= 11 is 1.55. The first-order chi connectivity index (χ1) is 7.85. The van der Waals surface area contributed by atoms with Crippen LogP contribution in [0.1, 0.15) is 32.0 Å². The van der Waals surface area contributed by atoms with Gasteiger partial charge >= 0.3 is 0 Å². The van der Waals surface area contributed by atoms with Crippen molar-refractivity contribution >= 4 is 16.7 Å². The quantitative estimate of drug-likeness (QED) is 0.846. The van der Waals surface area contributed by atoms with Gasteiger partial charge in [0.25, 0.3) is 0 Å². The van der Waals surface area contributed by atoms with Crippen LogP contribution in [-0.4, -0.2) is 34.5 Å². The Labute approximate surface area is 100 Å². The zero-order chi connectivity index (χ0) is 11.0. The fraction of sp³-hybridized carbons (Fsp3) is 0.818. The van der Waals surface area contributed by atoms with E-state index in [1.54, 1.807) is 11.5 Å². The van der Waals surface area contributed by atoms with Crippen molar-refractivity contribution in [2.24, 2.45) is 0 Å². The van der Waals surface area contributed by atoms with E-state index < -0.39 is 0 Å². The Bertz CT molecular complexity index is 365. The lowest BCUT2D eigenvalue weighted by atomic mass is 10.1. The molecule has 2 fully saturated rings. The number of nitrogens with zero attached hydrogens (tertiary/aromatic N) is 3. The molecule has 4 nitrogen and oxygen atoms in total. The molecule has 1 N–H and O–H groups in total. The number of hydrogen-bond donors (Lipinski definition) is 1. The van der Waals surface area contributed by atoms with Gasteiger partial charge in [-0.25, -0.2) is 4.98 Å². The Morgan fingerprint density at radius 2 is 2.25 bits per heavy atom. The van der Waals surface area contributed by atoms with Gasteiger partial charge < -0.3 is 10.2 Å². The fourth-order valence-corrected chi connectivity index (χ4v) is 3.42. The van der Waals surface area contributed by atoms with Crippen LogP contribution in [0.5, 0.6) is 0 Å². The highest BCUT2D eigenvalue weighted by Crippen LogP contribution is 2.25. The van der Waals surface area contributed by atoms with Gasteiger partial charge in [-0.2, -0.15) is 4.37 Å². The van der Waals surface area contributed by atoms with Crippen LogP contribution in [0.3, 0.4) is 0 Å². The number of fused-ring (bicyclic) bond motifs is 2. The molecule has 1 aromatic heterocycles. The largest absolute Gasteiger partial charge is 0.345 e. The molecule has 0 aromatic carbocycles. The molecule has 2 aliphatic rings. The van der Waals surface area contributed by atoms with E-state index in [1.165, 1.54) is 19.3 Å². The van der Waals surface area contributed by atoms with Gasteiger partial charge in [0.2, 0.25) is 5.13 Å². The molecule has 2 atom stereocenters. The van der Waals surface area contributed by atoms with Crippen molar-refractivity contribution in [3.8, 4) is 0 Å². The first kappa shape index (κ1) is 10.5. The van der Waals surface area contributed by atoms with Crippen LogP contribution in [0.15, 0.2) is 0 Å². The highest BCUT2D eigenvalue weighted by atomic mass is 32.1. The third kappa shape index (κ3) is 1.94. The molecule has 0 spiro atoms. The van der Waals surface area contributed by atoms with Crippen LogP contribution in [0, 0.1) is 0 Å². The average molecular weight is 238 g/mol. The number of aromatic nitrogens is 2. The lowest BCUT2D eigenvalue weighted by Gasteiger charge is -2.22. The van der Waals surface area contributed by atoms with E-state index in [0.717, 1.165) is 36.5 Å². The molecule has 2 unspecified atom stereocenters. The Morgan fingerprint density at radius 3 is 3.06 bits per heavy atom. The summed E-state index contributed by atoms with van der Waals surface area (Å²) in [5.74, 6) is 0.988. The summed E-state index contributed by atoms with van der Waals surface area (Å²) in [4.78, 5) is 6.99. The van der Waals surface area contributed by atoms with Crippen LogP contribution < -0.4 is 10.2 Å². The van der Waals surface area contributed by atoms with Crippen molar-refractivity contribution < 1.29 is 0 Å². The minimum absolute atomic E-state index is 0.668. The lowest BCUT2D eigenvalue weighted by molar-refractivity contribution is 0.563. The molecule has 0 aliphatic carbocycles. The molecule has 0 saturated carbocycles. The second-order valence-corrected chi connectivity index (χ2v) is 5.45. The van der Waals surface area contributed by atoms with Crippen molar-refractivity contribution in [1.29, 1.82) is 0 Å². The van der Waals surface area contributed by atoms with E-state index in [9.17, 15) is 0 Å². The van der Waals surface area contributed by atoms with Gasteiger partial charge in [-0.05, 0) is 19.3 Å². The molecule has 1 aromatic rings. The first-order valence-electron chi connectivity index (χ1n) is 6.18. The van der Waals surface area contributed by atoms with Gasteiger partial charge in [-0.3, -0.25) is 0 Å². The third-order valence-corrected chi connectivity index (χ3v) is 4.38. The summed E-state index contributed by atoms with van der Waals surface area (Å²) in [6, 6.07) is 1.41. The van der Waals surface area contributed by atoms with Gasteiger partial charge in [-0.15, -0.1) is 0 Å². The van der Waals surface area contributed by atoms with Gasteiger partial charge in [0.05, 0.1) is 0 Å².